The molecule has 0 aliphatic rings. The number of halogens is 3. The molecule has 1 rings (SSSR count). The third-order valence-corrected chi connectivity index (χ3v) is 1.99. The predicted molar refractivity (Wildman–Crippen MR) is 63.4 cm³/mol. The van der Waals surface area contributed by atoms with Crippen molar-refractivity contribution in [3.05, 3.63) is 36.0 Å². The van der Waals surface area contributed by atoms with E-state index in [0.717, 1.165) is 23.9 Å². The van der Waals surface area contributed by atoms with Gasteiger partial charge in [-0.3, -0.25) is 0 Å². The van der Waals surface area contributed by atoms with Gasteiger partial charge in [0, 0.05) is 12.7 Å². The molecule has 0 aliphatic heterocycles. The fourth-order valence-corrected chi connectivity index (χ4v) is 1.20. The van der Waals surface area contributed by atoms with E-state index in [9.17, 15) is 13.2 Å². The van der Waals surface area contributed by atoms with Crippen molar-refractivity contribution in [3.8, 4) is 0 Å². The molecule has 1 aromatic rings. The molecule has 0 aromatic carbocycles. The Morgan fingerprint density at radius 3 is 2.83 bits per heavy atom. The molecular formula is C12H15F3N2O. The number of alkyl halides is 3. The van der Waals surface area contributed by atoms with Crippen LogP contribution in [0.2, 0.25) is 0 Å². The summed E-state index contributed by atoms with van der Waals surface area (Å²) in [5.41, 5.74) is 0.176. The minimum Gasteiger partial charge on any atom is -0.375 e. The molecule has 0 radical (unpaired) electrons. The van der Waals surface area contributed by atoms with Crippen LogP contribution in [0.3, 0.4) is 0 Å². The highest BCUT2D eigenvalue weighted by Crippen LogP contribution is 2.29. The average molecular weight is 260 g/mol. The van der Waals surface area contributed by atoms with Crippen LogP contribution in [0.25, 0.3) is 0 Å². The van der Waals surface area contributed by atoms with E-state index in [1.807, 2.05) is 6.92 Å². The van der Waals surface area contributed by atoms with Gasteiger partial charge in [0.05, 0.1) is 18.8 Å². The zero-order valence-electron chi connectivity index (χ0n) is 10.0. The Morgan fingerprint density at radius 1 is 1.50 bits per heavy atom. The van der Waals surface area contributed by atoms with E-state index in [-0.39, 0.29) is 5.82 Å². The lowest BCUT2D eigenvalue weighted by atomic mass is 10.2. The molecule has 0 fully saturated rings. The molecule has 0 atom stereocenters. The Kier molecular flexibility index (Phi) is 5.15. The molecule has 0 amide bonds. The van der Waals surface area contributed by atoms with Crippen LogP contribution in [0.5, 0.6) is 0 Å². The minimum atomic E-state index is -4.35. The summed E-state index contributed by atoms with van der Waals surface area (Å²) in [5.74, 6) is 0.184. The van der Waals surface area contributed by atoms with Crippen molar-refractivity contribution in [1.29, 1.82) is 0 Å². The van der Waals surface area contributed by atoms with Crippen molar-refractivity contribution in [3.63, 3.8) is 0 Å². The first kappa shape index (κ1) is 14.5. The molecule has 1 N–H and O–H groups in total. The van der Waals surface area contributed by atoms with Gasteiger partial charge >= 0.3 is 6.18 Å². The Hall–Kier alpha value is -1.56. The molecule has 3 nitrogen and oxygen atoms in total. The first-order valence-corrected chi connectivity index (χ1v) is 5.39. The van der Waals surface area contributed by atoms with Crippen LogP contribution in [-0.4, -0.2) is 24.7 Å². The minimum absolute atomic E-state index is 0.184. The fraction of sp³-hybridized carbons (Fsp3) is 0.417. The summed E-state index contributed by atoms with van der Waals surface area (Å²) < 4.78 is 42.4. The van der Waals surface area contributed by atoms with Crippen LogP contribution in [0.4, 0.5) is 19.0 Å². The Morgan fingerprint density at radius 2 is 2.22 bits per heavy atom. The predicted octanol–water partition coefficient (Wildman–Crippen LogP) is 3.11. The number of aromatic nitrogens is 1. The highest BCUT2D eigenvalue weighted by atomic mass is 19.4. The van der Waals surface area contributed by atoms with Gasteiger partial charge in [-0.05, 0) is 19.1 Å². The molecule has 1 heterocycles. The number of anilines is 1. The molecule has 100 valence electrons. The molecule has 0 saturated heterocycles. The lowest BCUT2D eigenvalue weighted by Gasteiger charge is -2.10. The van der Waals surface area contributed by atoms with Crippen molar-refractivity contribution < 1.29 is 17.9 Å². The molecule has 0 spiro atoms. The monoisotopic (exact) mass is 260 g/mol. The second-order valence-electron chi connectivity index (χ2n) is 3.86. The normalized spacial score (nSPS) is 11.3. The number of hydrogen-bond donors (Lipinski definition) is 1. The Balaban J connectivity index is 2.41. The van der Waals surface area contributed by atoms with E-state index in [4.69, 9.17) is 4.74 Å². The molecule has 0 unspecified atom stereocenters. The van der Waals surface area contributed by atoms with Gasteiger partial charge in [-0.15, -0.1) is 0 Å². The van der Waals surface area contributed by atoms with Gasteiger partial charge in [-0.1, -0.05) is 12.2 Å². The molecule has 0 bridgehead atoms. The molecule has 6 heteroatoms. The molecular weight excluding hydrogens is 245 g/mol. The summed E-state index contributed by atoms with van der Waals surface area (Å²) in [6.07, 6.45) is -3.23. The summed E-state index contributed by atoms with van der Waals surface area (Å²) in [4.78, 5) is 3.80. The van der Waals surface area contributed by atoms with Crippen LogP contribution >= 0.6 is 0 Å². The number of rotatable bonds is 6. The van der Waals surface area contributed by atoms with Crippen LogP contribution < -0.4 is 5.32 Å². The summed E-state index contributed by atoms with van der Waals surface area (Å²) in [6, 6.07) is 1.90. The van der Waals surface area contributed by atoms with Gasteiger partial charge in [-0.25, -0.2) is 4.98 Å². The molecule has 0 aliphatic carbocycles. The number of nitrogens with zero attached hydrogens (tertiary/aromatic N) is 1. The fourth-order valence-electron chi connectivity index (χ4n) is 1.20. The van der Waals surface area contributed by atoms with Crippen molar-refractivity contribution in [2.75, 3.05) is 25.1 Å². The van der Waals surface area contributed by atoms with Crippen molar-refractivity contribution in [2.45, 2.75) is 13.1 Å². The summed E-state index contributed by atoms with van der Waals surface area (Å²) in [6.45, 7) is 6.71. The maximum Gasteiger partial charge on any atom is 0.416 e. The van der Waals surface area contributed by atoms with E-state index in [1.54, 1.807) is 0 Å². The first-order chi connectivity index (χ1) is 8.39. The number of hydrogen-bond acceptors (Lipinski definition) is 3. The molecule has 1 aromatic heterocycles. The lowest BCUT2D eigenvalue weighted by molar-refractivity contribution is -0.137. The summed E-state index contributed by atoms with van der Waals surface area (Å²) in [7, 11) is 0. The lowest BCUT2D eigenvalue weighted by Crippen LogP contribution is -2.12. The second kappa shape index (κ2) is 6.39. The van der Waals surface area contributed by atoms with Crippen LogP contribution in [-0.2, 0) is 10.9 Å². The number of pyridine rings is 1. The maximum absolute atomic E-state index is 12.4. The molecule has 18 heavy (non-hydrogen) atoms. The van der Waals surface area contributed by atoms with E-state index in [1.165, 1.54) is 0 Å². The standard InChI is InChI=1S/C12H15F3N2O/c1-9(2)8-18-6-5-17-11-7-10(3-4-16-11)12(13,14)15/h3-4,7H,1,5-6,8H2,2H3,(H,16,17). The maximum atomic E-state index is 12.4. The third kappa shape index (κ3) is 5.18. The largest absolute Gasteiger partial charge is 0.416 e. The zero-order chi connectivity index (χ0) is 13.6. The quantitative estimate of drug-likeness (QED) is 0.630. The Bertz CT molecular complexity index is 405. The topological polar surface area (TPSA) is 34.1 Å². The van der Waals surface area contributed by atoms with Gasteiger partial charge in [0.2, 0.25) is 0 Å². The SMILES string of the molecule is C=C(C)COCCNc1cc(C(F)(F)F)ccn1. The van der Waals surface area contributed by atoms with Crippen LogP contribution in [0, 0.1) is 0 Å². The van der Waals surface area contributed by atoms with Gasteiger partial charge in [-0.2, -0.15) is 13.2 Å². The second-order valence-corrected chi connectivity index (χ2v) is 3.86. The smallest absolute Gasteiger partial charge is 0.375 e. The Labute approximate surface area is 104 Å². The number of ether oxygens (including phenoxy) is 1. The summed E-state index contributed by atoms with van der Waals surface area (Å²) >= 11 is 0. The average Bonchev–Trinajstić information content (AvgIpc) is 2.27. The number of nitrogens with one attached hydrogen (secondary N) is 1. The van der Waals surface area contributed by atoms with E-state index in [2.05, 4.69) is 16.9 Å². The van der Waals surface area contributed by atoms with Gasteiger partial charge in [0.15, 0.2) is 0 Å². The van der Waals surface area contributed by atoms with Crippen LogP contribution in [0.15, 0.2) is 30.5 Å². The third-order valence-electron chi connectivity index (χ3n) is 1.99. The van der Waals surface area contributed by atoms with Gasteiger partial charge in [0.25, 0.3) is 0 Å². The van der Waals surface area contributed by atoms with Gasteiger partial charge in [0.1, 0.15) is 5.82 Å². The van der Waals surface area contributed by atoms with Crippen molar-refractivity contribution >= 4 is 5.82 Å². The highest BCUT2D eigenvalue weighted by Gasteiger charge is 2.30. The van der Waals surface area contributed by atoms with E-state index < -0.39 is 11.7 Å². The van der Waals surface area contributed by atoms with Gasteiger partial charge < -0.3 is 10.1 Å². The van der Waals surface area contributed by atoms with E-state index in [0.29, 0.717) is 19.8 Å². The van der Waals surface area contributed by atoms with Crippen molar-refractivity contribution in [1.82, 2.24) is 4.98 Å². The van der Waals surface area contributed by atoms with E-state index >= 15 is 0 Å². The first-order valence-electron chi connectivity index (χ1n) is 5.39. The van der Waals surface area contributed by atoms with Crippen molar-refractivity contribution in [2.24, 2.45) is 0 Å². The summed E-state index contributed by atoms with van der Waals surface area (Å²) in [5, 5.41) is 2.77. The zero-order valence-corrected chi connectivity index (χ0v) is 10.0. The molecule has 0 saturated carbocycles. The van der Waals surface area contributed by atoms with Crippen LogP contribution in [0.1, 0.15) is 12.5 Å². The highest BCUT2D eigenvalue weighted by molar-refractivity contribution is 5.38.